The van der Waals surface area contributed by atoms with Gasteiger partial charge in [0.15, 0.2) is 0 Å². The Labute approximate surface area is 155 Å². The van der Waals surface area contributed by atoms with Crippen LogP contribution in [0, 0.1) is 17.6 Å². The van der Waals surface area contributed by atoms with Crippen molar-refractivity contribution in [3.05, 3.63) is 35.4 Å². The third-order valence-corrected chi connectivity index (χ3v) is 5.42. The van der Waals surface area contributed by atoms with Crippen LogP contribution in [0.4, 0.5) is 8.78 Å². The molecule has 3 unspecified atom stereocenters. The molecule has 27 heavy (non-hydrogen) atoms. The molecule has 0 spiro atoms. The molecule has 1 aromatic carbocycles. The summed E-state index contributed by atoms with van der Waals surface area (Å²) in [5.41, 5.74) is -0.258. The minimum absolute atomic E-state index is 0.0348. The molecule has 146 valence electrons. The number of nitrogens with zero attached hydrogens (tertiary/aromatic N) is 1. The number of hydrogen-bond acceptors (Lipinski definition) is 3. The Bertz CT molecular complexity index is 755. The number of aliphatic carboxylic acids is 1. The lowest BCUT2D eigenvalue weighted by Gasteiger charge is -2.33. The number of benzene rings is 1. The Kier molecular flexibility index (Phi) is 5.72. The van der Waals surface area contributed by atoms with Gasteiger partial charge in [0.2, 0.25) is 5.91 Å². The highest BCUT2D eigenvalue weighted by Gasteiger charge is 2.47. The fraction of sp³-hybridized carbons (Fsp3) is 0.526. The predicted octanol–water partition coefficient (Wildman–Crippen LogP) is 2.33. The fourth-order valence-electron chi connectivity index (χ4n) is 4.20. The minimum atomic E-state index is -1.03. The highest BCUT2D eigenvalue weighted by atomic mass is 19.1. The van der Waals surface area contributed by atoms with Crippen LogP contribution in [0.25, 0.3) is 0 Å². The zero-order chi connectivity index (χ0) is 19.6. The summed E-state index contributed by atoms with van der Waals surface area (Å²) in [6.45, 7) is -0.0348. The van der Waals surface area contributed by atoms with Crippen molar-refractivity contribution in [3.63, 3.8) is 0 Å². The second-order valence-corrected chi connectivity index (χ2v) is 7.13. The van der Waals surface area contributed by atoms with E-state index in [9.17, 15) is 23.2 Å². The summed E-state index contributed by atoms with van der Waals surface area (Å²) in [5, 5.41) is 11.3. The maximum Gasteiger partial charge on any atom is 0.305 e. The van der Waals surface area contributed by atoms with Crippen LogP contribution in [0.1, 0.15) is 48.9 Å². The molecule has 2 aliphatic rings. The molecule has 1 aromatic rings. The molecule has 1 saturated carbocycles. The molecule has 1 heterocycles. The van der Waals surface area contributed by atoms with Crippen molar-refractivity contribution in [2.24, 2.45) is 5.92 Å². The largest absolute Gasteiger partial charge is 0.481 e. The van der Waals surface area contributed by atoms with Gasteiger partial charge >= 0.3 is 5.97 Å². The molecule has 1 aliphatic heterocycles. The van der Waals surface area contributed by atoms with Gasteiger partial charge in [-0.3, -0.25) is 14.4 Å². The molecule has 3 rings (SSSR count). The van der Waals surface area contributed by atoms with E-state index in [0.29, 0.717) is 12.5 Å². The molecule has 0 radical (unpaired) electrons. The van der Waals surface area contributed by atoms with Gasteiger partial charge in [-0.25, -0.2) is 8.78 Å². The average Bonchev–Trinajstić information content (AvgIpc) is 3.00. The number of carbonyl (C=O) groups is 3. The summed E-state index contributed by atoms with van der Waals surface area (Å²) in [7, 11) is 0. The molecule has 2 fully saturated rings. The fourth-order valence-corrected chi connectivity index (χ4v) is 4.20. The molecule has 2 amide bonds. The second kappa shape index (κ2) is 8.02. The zero-order valence-electron chi connectivity index (χ0n) is 14.8. The highest BCUT2D eigenvalue weighted by Crippen LogP contribution is 2.40. The van der Waals surface area contributed by atoms with E-state index in [2.05, 4.69) is 5.32 Å². The minimum Gasteiger partial charge on any atom is -0.481 e. The molecule has 2 N–H and O–H groups in total. The SMILES string of the molecule is O=C(O)CCNC(=O)C1CC2CCCCC2N1C(=O)c1ccc(F)cc1F. The standard InChI is InChI=1S/C19H22F2N2O4/c20-12-5-6-13(14(21)10-12)19(27)23-15-4-2-1-3-11(15)9-16(23)18(26)22-8-7-17(24)25/h5-6,10-11,15-16H,1-4,7-9H2,(H,22,26)(H,24,25). The van der Waals surface area contributed by atoms with Gasteiger partial charge in [-0.05, 0) is 37.3 Å². The second-order valence-electron chi connectivity index (χ2n) is 7.13. The summed E-state index contributed by atoms with van der Waals surface area (Å²) in [6.07, 6.45) is 3.81. The zero-order valence-corrected chi connectivity index (χ0v) is 14.8. The molecule has 1 saturated heterocycles. The summed E-state index contributed by atoms with van der Waals surface area (Å²) >= 11 is 0. The van der Waals surface area contributed by atoms with Gasteiger partial charge < -0.3 is 15.3 Å². The molecule has 3 atom stereocenters. The van der Waals surface area contributed by atoms with Crippen LogP contribution in [0.2, 0.25) is 0 Å². The van der Waals surface area contributed by atoms with Gasteiger partial charge in [0.05, 0.1) is 12.0 Å². The number of carbonyl (C=O) groups excluding carboxylic acids is 2. The molecule has 8 heteroatoms. The van der Waals surface area contributed by atoms with Gasteiger partial charge in [0.1, 0.15) is 17.7 Å². The quantitative estimate of drug-likeness (QED) is 0.821. The monoisotopic (exact) mass is 380 g/mol. The number of amides is 2. The molecule has 6 nitrogen and oxygen atoms in total. The van der Waals surface area contributed by atoms with Crippen molar-refractivity contribution >= 4 is 17.8 Å². The maximum atomic E-state index is 14.1. The highest BCUT2D eigenvalue weighted by molar-refractivity contribution is 5.98. The van der Waals surface area contributed by atoms with E-state index in [4.69, 9.17) is 5.11 Å². The Hall–Kier alpha value is -2.51. The Morgan fingerprint density at radius 1 is 1.19 bits per heavy atom. The van der Waals surface area contributed by atoms with Crippen LogP contribution in [0.3, 0.4) is 0 Å². The summed E-state index contributed by atoms with van der Waals surface area (Å²) in [6, 6.07) is 1.84. The van der Waals surface area contributed by atoms with Crippen molar-refractivity contribution in [1.29, 1.82) is 0 Å². The first-order chi connectivity index (χ1) is 12.9. The molecule has 0 bridgehead atoms. The lowest BCUT2D eigenvalue weighted by molar-refractivity contribution is -0.137. The van der Waals surface area contributed by atoms with E-state index in [1.165, 1.54) is 4.90 Å². The van der Waals surface area contributed by atoms with Crippen molar-refractivity contribution in [2.45, 2.75) is 50.6 Å². The third kappa shape index (κ3) is 4.09. The summed E-state index contributed by atoms with van der Waals surface area (Å²) in [4.78, 5) is 37.7. The number of rotatable bonds is 5. The predicted molar refractivity (Wildman–Crippen MR) is 91.9 cm³/mol. The first kappa shape index (κ1) is 19.3. The lowest BCUT2D eigenvalue weighted by atomic mass is 9.84. The van der Waals surface area contributed by atoms with Crippen LogP contribution in [-0.4, -0.2) is 46.4 Å². The summed E-state index contributed by atoms with van der Waals surface area (Å²) < 4.78 is 27.3. The van der Waals surface area contributed by atoms with E-state index in [1.807, 2.05) is 0 Å². The van der Waals surface area contributed by atoms with Crippen LogP contribution < -0.4 is 5.32 Å². The van der Waals surface area contributed by atoms with Gasteiger partial charge in [-0.1, -0.05) is 12.8 Å². The normalized spacial score (nSPS) is 24.4. The lowest BCUT2D eigenvalue weighted by Crippen LogP contribution is -2.50. The Morgan fingerprint density at radius 3 is 2.63 bits per heavy atom. The van der Waals surface area contributed by atoms with Gasteiger partial charge in [0, 0.05) is 18.7 Å². The van der Waals surface area contributed by atoms with E-state index in [1.54, 1.807) is 0 Å². The molecule has 1 aliphatic carbocycles. The Morgan fingerprint density at radius 2 is 1.93 bits per heavy atom. The van der Waals surface area contributed by atoms with Crippen molar-refractivity contribution in [1.82, 2.24) is 10.2 Å². The number of carboxylic acids is 1. The van der Waals surface area contributed by atoms with Crippen LogP contribution in [-0.2, 0) is 9.59 Å². The average molecular weight is 380 g/mol. The van der Waals surface area contributed by atoms with Gasteiger partial charge in [-0.15, -0.1) is 0 Å². The number of nitrogens with one attached hydrogen (secondary N) is 1. The van der Waals surface area contributed by atoms with Crippen molar-refractivity contribution in [3.8, 4) is 0 Å². The molecular formula is C19H22F2N2O4. The van der Waals surface area contributed by atoms with Gasteiger partial charge in [-0.2, -0.15) is 0 Å². The van der Waals surface area contributed by atoms with Gasteiger partial charge in [0.25, 0.3) is 5.91 Å². The molecule has 0 aromatic heterocycles. The smallest absolute Gasteiger partial charge is 0.305 e. The van der Waals surface area contributed by atoms with E-state index in [-0.39, 0.29) is 30.5 Å². The summed E-state index contributed by atoms with van der Waals surface area (Å²) in [5.74, 6) is -3.66. The number of fused-ring (bicyclic) bond motifs is 1. The van der Waals surface area contributed by atoms with Crippen LogP contribution in [0.5, 0.6) is 0 Å². The Balaban J connectivity index is 1.83. The number of hydrogen-bond donors (Lipinski definition) is 2. The number of carboxylic acid groups (broad SMARTS) is 1. The molecular weight excluding hydrogens is 358 g/mol. The van der Waals surface area contributed by atoms with Crippen molar-refractivity contribution in [2.75, 3.05) is 6.54 Å². The van der Waals surface area contributed by atoms with E-state index < -0.39 is 35.5 Å². The maximum absolute atomic E-state index is 14.1. The number of likely N-dealkylation sites (tertiary alicyclic amines) is 1. The van der Waals surface area contributed by atoms with Crippen molar-refractivity contribution < 1.29 is 28.3 Å². The first-order valence-corrected chi connectivity index (χ1v) is 9.15. The topological polar surface area (TPSA) is 86.7 Å². The first-order valence-electron chi connectivity index (χ1n) is 9.15. The number of halogens is 2. The van der Waals surface area contributed by atoms with E-state index >= 15 is 0 Å². The third-order valence-electron chi connectivity index (χ3n) is 5.42. The van der Waals surface area contributed by atoms with Crippen LogP contribution in [0.15, 0.2) is 18.2 Å². The van der Waals surface area contributed by atoms with Crippen LogP contribution >= 0.6 is 0 Å². The van der Waals surface area contributed by atoms with E-state index in [0.717, 1.165) is 37.8 Å².